The first-order chi connectivity index (χ1) is 5.83. The van der Waals surface area contributed by atoms with Gasteiger partial charge in [-0.05, 0) is 19.3 Å². The maximum atomic E-state index is 5.51. The molecule has 0 aromatic carbocycles. The van der Waals surface area contributed by atoms with Crippen LogP contribution in [0.1, 0.15) is 32.6 Å². The quantitative estimate of drug-likeness (QED) is 0.647. The summed E-state index contributed by atoms with van der Waals surface area (Å²) in [5.74, 6) is 0. The van der Waals surface area contributed by atoms with Crippen molar-refractivity contribution in [3.8, 4) is 0 Å². The molecule has 2 nitrogen and oxygen atoms in total. The van der Waals surface area contributed by atoms with Crippen LogP contribution in [0.5, 0.6) is 0 Å². The van der Waals surface area contributed by atoms with E-state index in [-0.39, 0.29) is 0 Å². The molecule has 1 fully saturated rings. The van der Waals surface area contributed by atoms with Crippen molar-refractivity contribution >= 4 is 0 Å². The fraction of sp³-hybridized carbons (Fsp3) is 1.00. The molecule has 0 aliphatic carbocycles. The minimum atomic E-state index is 0.335. The monoisotopic (exact) mass is 172 g/mol. The lowest BCUT2D eigenvalue weighted by atomic mass is 9.79. The molecule has 1 rings (SSSR count). The summed E-state index contributed by atoms with van der Waals surface area (Å²) in [4.78, 5) is 0. The summed E-state index contributed by atoms with van der Waals surface area (Å²) in [6.07, 6.45) is 4.94. The second-order valence-corrected chi connectivity index (χ2v) is 3.84. The molecule has 0 aromatic heterocycles. The van der Waals surface area contributed by atoms with Gasteiger partial charge in [-0.2, -0.15) is 0 Å². The first-order valence-electron chi connectivity index (χ1n) is 4.90. The molecule has 0 saturated carbocycles. The lowest BCUT2D eigenvalue weighted by Crippen LogP contribution is -2.35. The maximum absolute atomic E-state index is 5.51. The van der Waals surface area contributed by atoms with Gasteiger partial charge in [-0.1, -0.05) is 13.3 Å². The van der Waals surface area contributed by atoms with Gasteiger partial charge in [0, 0.05) is 19.1 Å². The molecule has 0 aromatic rings. The zero-order valence-electron chi connectivity index (χ0n) is 8.27. The lowest BCUT2D eigenvalue weighted by molar-refractivity contribution is -0.0534. The normalized spacial score (nSPS) is 30.5. The van der Waals surface area contributed by atoms with Crippen molar-refractivity contribution in [2.45, 2.75) is 32.6 Å². The van der Waals surface area contributed by atoms with Crippen molar-refractivity contribution in [2.24, 2.45) is 5.41 Å². The number of hydrogen-bond donors (Lipinski definition) is 0. The van der Waals surface area contributed by atoms with E-state index in [0.29, 0.717) is 5.41 Å². The smallest absolute Gasteiger partial charge is 0.0544 e. The van der Waals surface area contributed by atoms with Gasteiger partial charge in [-0.3, -0.25) is 0 Å². The van der Waals surface area contributed by atoms with E-state index < -0.39 is 0 Å². The molecule has 2 heteroatoms. The molecule has 12 heavy (non-hydrogen) atoms. The van der Waals surface area contributed by atoms with Gasteiger partial charge < -0.3 is 9.47 Å². The van der Waals surface area contributed by atoms with Crippen molar-refractivity contribution in [3.05, 3.63) is 0 Å². The van der Waals surface area contributed by atoms with Crippen LogP contribution < -0.4 is 0 Å². The zero-order chi connectivity index (χ0) is 8.86. The Hall–Kier alpha value is -0.0800. The predicted molar refractivity (Wildman–Crippen MR) is 49.3 cm³/mol. The Labute approximate surface area is 75.2 Å². The van der Waals surface area contributed by atoms with Crippen molar-refractivity contribution in [1.29, 1.82) is 0 Å². The van der Waals surface area contributed by atoms with Crippen molar-refractivity contribution < 1.29 is 9.47 Å². The Balaban J connectivity index is 2.44. The van der Waals surface area contributed by atoms with E-state index in [1.165, 1.54) is 25.7 Å². The van der Waals surface area contributed by atoms with Crippen LogP contribution in [0.2, 0.25) is 0 Å². The van der Waals surface area contributed by atoms with E-state index >= 15 is 0 Å². The summed E-state index contributed by atoms with van der Waals surface area (Å²) in [6, 6.07) is 0. The molecule has 1 aliphatic heterocycles. The fourth-order valence-corrected chi connectivity index (χ4v) is 2.13. The van der Waals surface area contributed by atoms with Gasteiger partial charge in [-0.25, -0.2) is 0 Å². The molecular weight excluding hydrogens is 152 g/mol. The highest BCUT2D eigenvalue weighted by molar-refractivity contribution is 4.81. The van der Waals surface area contributed by atoms with Gasteiger partial charge in [0.2, 0.25) is 0 Å². The second kappa shape index (κ2) is 4.83. The highest BCUT2D eigenvalue weighted by atomic mass is 16.5. The van der Waals surface area contributed by atoms with Crippen molar-refractivity contribution in [1.82, 2.24) is 0 Å². The number of ether oxygens (including phenoxy) is 2. The molecule has 1 saturated heterocycles. The van der Waals surface area contributed by atoms with Crippen molar-refractivity contribution in [2.75, 3.05) is 26.9 Å². The summed E-state index contributed by atoms with van der Waals surface area (Å²) >= 11 is 0. The van der Waals surface area contributed by atoms with Gasteiger partial charge in [0.05, 0.1) is 13.2 Å². The maximum Gasteiger partial charge on any atom is 0.0544 e. The summed E-state index contributed by atoms with van der Waals surface area (Å²) in [5.41, 5.74) is 0.335. The van der Waals surface area contributed by atoms with E-state index in [1.807, 2.05) is 0 Å². The van der Waals surface area contributed by atoms with Crippen LogP contribution in [-0.4, -0.2) is 26.9 Å². The molecule has 72 valence electrons. The second-order valence-electron chi connectivity index (χ2n) is 3.84. The standard InChI is InChI=1S/C10H20O2/c1-3-5-10(8-11-2)6-4-7-12-9-10/h3-9H2,1-2H3/t10-/m1/s1. The highest BCUT2D eigenvalue weighted by Gasteiger charge is 2.31. The van der Waals surface area contributed by atoms with Gasteiger partial charge in [0.1, 0.15) is 0 Å². The third kappa shape index (κ3) is 2.46. The molecule has 0 N–H and O–H groups in total. The van der Waals surface area contributed by atoms with E-state index in [1.54, 1.807) is 7.11 Å². The number of hydrogen-bond acceptors (Lipinski definition) is 2. The van der Waals surface area contributed by atoms with E-state index in [0.717, 1.165) is 19.8 Å². The van der Waals surface area contributed by atoms with Gasteiger partial charge >= 0.3 is 0 Å². The Morgan fingerprint density at radius 1 is 1.50 bits per heavy atom. The largest absolute Gasteiger partial charge is 0.384 e. The molecule has 0 radical (unpaired) electrons. The summed E-state index contributed by atoms with van der Waals surface area (Å²) in [7, 11) is 1.78. The Morgan fingerprint density at radius 2 is 2.33 bits per heavy atom. The van der Waals surface area contributed by atoms with Gasteiger partial charge in [-0.15, -0.1) is 0 Å². The number of rotatable bonds is 4. The molecule has 1 atom stereocenters. The SMILES string of the molecule is CCC[C@]1(COC)CCCOC1. The van der Waals surface area contributed by atoms with Crippen LogP contribution in [-0.2, 0) is 9.47 Å². The predicted octanol–water partition coefficient (Wildman–Crippen LogP) is 2.23. The zero-order valence-corrected chi connectivity index (χ0v) is 8.27. The van der Waals surface area contributed by atoms with Crippen LogP contribution in [0.3, 0.4) is 0 Å². The Bertz CT molecular complexity index is 101. The molecule has 0 unspecified atom stereocenters. The average molecular weight is 172 g/mol. The van der Waals surface area contributed by atoms with E-state index in [4.69, 9.17) is 9.47 Å². The first-order valence-corrected chi connectivity index (χ1v) is 4.90. The minimum absolute atomic E-state index is 0.335. The van der Waals surface area contributed by atoms with Crippen molar-refractivity contribution in [3.63, 3.8) is 0 Å². The molecule has 0 bridgehead atoms. The van der Waals surface area contributed by atoms with E-state index in [9.17, 15) is 0 Å². The fourth-order valence-electron chi connectivity index (χ4n) is 2.13. The van der Waals surface area contributed by atoms with Crippen LogP contribution in [0.4, 0.5) is 0 Å². The molecule has 0 amide bonds. The summed E-state index contributed by atoms with van der Waals surface area (Å²) in [6.45, 7) is 4.93. The summed E-state index contributed by atoms with van der Waals surface area (Å²) < 4.78 is 10.8. The topological polar surface area (TPSA) is 18.5 Å². The van der Waals surface area contributed by atoms with Gasteiger partial charge in [0.15, 0.2) is 0 Å². The Morgan fingerprint density at radius 3 is 2.83 bits per heavy atom. The summed E-state index contributed by atoms with van der Waals surface area (Å²) in [5, 5.41) is 0. The van der Waals surface area contributed by atoms with Crippen LogP contribution in [0, 0.1) is 5.41 Å². The molecule has 1 aliphatic rings. The van der Waals surface area contributed by atoms with Crippen LogP contribution in [0.25, 0.3) is 0 Å². The Kier molecular flexibility index (Phi) is 4.02. The first kappa shape index (κ1) is 10.0. The average Bonchev–Trinajstić information content (AvgIpc) is 2.07. The minimum Gasteiger partial charge on any atom is -0.384 e. The van der Waals surface area contributed by atoms with Gasteiger partial charge in [0.25, 0.3) is 0 Å². The third-order valence-corrected chi connectivity index (χ3v) is 2.63. The molecule has 1 heterocycles. The lowest BCUT2D eigenvalue weighted by Gasteiger charge is -2.36. The number of methoxy groups -OCH3 is 1. The molecular formula is C10H20O2. The molecule has 0 spiro atoms. The highest BCUT2D eigenvalue weighted by Crippen LogP contribution is 2.33. The van der Waals surface area contributed by atoms with E-state index in [2.05, 4.69) is 6.92 Å². The van der Waals surface area contributed by atoms with Crippen LogP contribution >= 0.6 is 0 Å². The third-order valence-electron chi connectivity index (χ3n) is 2.63. The van der Waals surface area contributed by atoms with Crippen LogP contribution in [0.15, 0.2) is 0 Å².